The predicted octanol–water partition coefficient (Wildman–Crippen LogP) is 6.78. The van der Waals surface area contributed by atoms with E-state index in [-0.39, 0.29) is 52.6 Å². The number of aromatic nitrogens is 3. The van der Waals surface area contributed by atoms with Gasteiger partial charge in [0.25, 0.3) is 6.01 Å². The van der Waals surface area contributed by atoms with E-state index >= 15 is 0 Å². The maximum absolute atomic E-state index is 14.4. The van der Waals surface area contributed by atoms with Crippen LogP contribution in [-0.4, -0.2) is 40.7 Å². The standard InChI is InChI=1S/C31H42ClN3O5/c1-17-14-20(30(2,3)4)25(21(15-17)31(5,6)7)40-27(36)24-23(18-10-12-19(32)13-11-18)22(16-38-8)35-26(24)33-28(39-9)34-29(35)37/h10-13,17,20-21,25H,14-16H2,1-9H3,(H,33,34,37). The van der Waals surface area contributed by atoms with Gasteiger partial charge < -0.3 is 14.2 Å². The third-order valence-electron chi connectivity index (χ3n) is 8.25. The van der Waals surface area contributed by atoms with Crippen LogP contribution in [0.5, 0.6) is 6.01 Å². The van der Waals surface area contributed by atoms with Crippen molar-refractivity contribution in [2.45, 2.75) is 74.0 Å². The molecule has 1 N–H and O–H groups in total. The first kappa shape index (κ1) is 30.1. The number of ether oxygens (including phenoxy) is 3. The van der Waals surface area contributed by atoms with Crippen LogP contribution in [-0.2, 0) is 16.1 Å². The lowest BCUT2D eigenvalue weighted by atomic mass is 9.59. The SMILES string of the molecule is COCc1c(-c2ccc(Cl)cc2)c(C(=O)OC2C(C(C)(C)C)CC(C)CC2C(C)(C)C)c2nc(OC)[nH]c(=O)n12. The maximum Gasteiger partial charge on any atom is 0.342 e. The highest BCUT2D eigenvalue weighted by atomic mass is 35.5. The summed E-state index contributed by atoms with van der Waals surface area (Å²) in [5.41, 5.74) is 1.43. The Morgan fingerprint density at radius 2 is 1.62 bits per heavy atom. The Kier molecular flexibility index (Phi) is 8.44. The van der Waals surface area contributed by atoms with Crippen LogP contribution in [0.3, 0.4) is 0 Å². The van der Waals surface area contributed by atoms with E-state index in [9.17, 15) is 9.59 Å². The van der Waals surface area contributed by atoms with Crippen LogP contribution in [0.4, 0.5) is 0 Å². The molecule has 4 rings (SSSR count). The summed E-state index contributed by atoms with van der Waals surface area (Å²) < 4.78 is 18.7. The molecule has 9 heteroatoms. The fraction of sp³-hybridized carbons (Fsp3) is 0.581. The third kappa shape index (κ3) is 5.79. The fourth-order valence-corrected chi connectivity index (χ4v) is 6.37. The molecule has 2 aromatic heterocycles. The van der Waals surface area contributed by atoms with Crippen LogP contribution in [0.1, 0.15) is 77.4 Å². The van der Waals surface area contributed by atoms with E-state index < -0.39 is 11.7 Å². The van der Waals surface area contributed by atoms with Gasteiger partial charge >= 0.3 is 11.7 Å². The van der Waals surface area contributed by atoms with Crippen molar-refractivity contribution in [1.29, 1.82) is 0 Å². The van der Waals surface area contributed by atoms with Crippen LogP contribution >= 0.6 is 11.6 Å². The van der Waals surface area contributed by atoms with E-state index in [0.29, 0.717) is 27.8 Å². The predicted molar refractivity (Wildman–Crippen MR) is 157 cm³/mol. The quantitative estimate of drug-likeness (QED) is 0.328. The van der Waals surface area contributed by atoms with Gasteiger partial charge in [-0.05, 0) is 47.3 Å². The molecule has 1 aromatic carbocycles. The normalized spacial score (nSPS) is 21.9. The minimum Gasteiger partial charge on any atom is -0.468 e. The molecule has 218 valence electrons. The van der Waals surface area contributed by atoms with Crippen molar-refractivity contribution in [1.82, 2.24) is 14.4 Å². The zero-order valence-electron chi connectivity index (χ0n) is 25.1. The number of hydrogen-bond donors (Lipinski definition) is 1. The van der Waals surface area contributed by atoms with Gasteiger partial charge in [-0.1, -0.05) is 72.2 Å². The lowest BCUT2D eigenvalue weighted by Crippen LogP contribution is -2.49. The van der Waals surface area contributed by atoms with Gasteiger partial charge in [0.05, 0.1) is 19.4 Å². The van der Waals surface area contributed by atoms with Crippen LogP contribution in [0.15, 0.2) is 29.1 Å². The molecule has 1 aliphatic rings. The van der Waals surface area contributed by atoms with Gasteiger partial charge in [0, 0.05) is 29.5 Å². The first-order valence-electron chi connectivity index (χ1n) is 13.8. The second kappa shape index (κ2) is 11.2. The molecule has 40 heavy (non-hydrogen) atoms. The molecule has 0 spiro atoms. The molecule has 2 heterocycles. The van der Waals surface area contributed by atoms with Gasteiger partial charge in [0.15, 0.2) is 5.65 Å². The fourth-order valence-electron chi connectivity index (χ4n) is 6.25. The smallest absolute Gasteiger partial charge is 0.342 e. The number of rotatable bonds is 6. The highest BCUT2D eigenvalue weighted by molar-refractivity contribution is 6.30. The first-order valence-corrected chi connectivity index (χ1v) is 14.2. The van der Waals surface area contributed by atoms with Crippen molar-refractivity contribution < 1.29 is 19.0 Å². The van der Waals surface area contributed by atoms with E-state index in [4.69, 9.17) is 25.8 Å². The molecule has 1 aliphatic carbocycles. The van der Waals surface area contributed by atoms with E-state index in [1.54, 1.807) is 19.2 Å². The van der Waals surface area contributed by atoms with Crippen molar-refractivity contribution in [3.63, 3.8) is 0 Å². The molecule has 3 aromatic rings. The van der Waals surface area contributed by atoms with Crippen LogP contribution in [0.25, 0.3) is 16.8 Å². The molecule has 8 nitrogen and oxygen atoms in total. The van der Waals surface area contributed by atoms with E-state index in [2.05, 4.69) is 58.4 Å². The summed E-state index contributed by atoms with van der Waals surface area (Å²) in [5.74, 6) is 0.303. The average molecular weight is 572 g/mol. The van der Waals surface area contributed by atoms with Crippen molar-refractivity contribution in [3.05, 3.63) is 51.0 Å². The highest BCUT2D eigenvalue weighted by Crippen LogP contribution is 2.50. The number of methoxy groups -OCH3 is 2. The maximum atomic E-state index is 14.4. The number of H-pyrrole nitrogens is 1. The van der Waals surface area contributed by atoms with Gasteiger partial charge in [-0.25, -0.2) is 14.0 Å². The number of nitrogens with one attached hydrogen (secondary N) is 1. The second-order valence-corrected chi connectivity index (χ2v) is 13.7. The Hall–Kier alpha value is -2.84. The third-order valence-corrected chi connectivity index (χ3v) is 8.51. The van der Waals surface area contributed by atoms with Crippen LogP contribution in [0, 0.1) is 28.6 Å². The zero-order chi connectivity index (χ0) is 29.6. The Balaban J connectivity index is 1.97. The Morgan fingerprint density at radius 1 is 1.05 bits per heavy atom. The summed E-state index contributed by atoms with van der Waals surface area (Å²) in [6.45, 7) is 15.6. The number of aromatic amines is 1. The summed E-state index contributed by atoms with van der Waals surface area (Å²) in [7, 11) is 2.95. The molecule has 2 atom stereocenters. The van der Waals surface area contributed by atoms with Gasteiger partial charge in [0.2, 0.25) is 0 Å². The summed E-state index contributed by atoms with van der Waals surface area (Å²) in [4.78, 5) is 34.9. The molecule has 0 amide bonds. The van der Waals surface area contributed by atoms with Crippen LogP contribution in [0.2, 0.25) is 5.02 Å². The first-order chi connectivity index (χ1) is 18.7. The molecule has 1 fully saturated rings. The number of fused-ring (bicyclic) bond motifs is 1. The van der Waals surface area contributed by atoms with Crippen molar-refractivity contribution in [3.8, 4) is 17.1 Å². The monoisotopic (exact) mass is 571 g/mol. The van der Waals surface area contributed by atoms with Crippen molar-refractivity contribution in [2.24, 2.45) is 28.6 Å². The lowest BCUT2D eigenvalue weighted by Gasteiger charge is -2.50. The number of hydrogen-bond acceptors (Lipinski definition) is 6. The average Bonchev–Trinajstić information content (AvgIpc) is 3.18. The highest BCUT2D eigenvalue weighted by Gasteiger charge is 2.48. The van der Waals surface area contributed by atoms with Crippen molar-refractivity contribution in [2.75, 3.05) is 14.2 Å². The summed E-state index contributed by atoms with van der Waals surface area (Å²) >= 11 is 6.20. The number of nitrogens with zero attached hydrogens (tertiary/aromatic N) is 2. The van der Waals surface area contributed by atoms with Crippen LogP contribution < -0.4 is 10.4 Å². The number of benzene rings is 1. The van der Waals surface area contributed by atoms with E-state index in [1.807, 2.05) is 12.1 Å². The zero-order valence-corrected chi connectivity index (χ0v) is 25.8. The van der Waals surface area contributed by atoms with E-state index in [0.717, 1.165) is 12.8 Å². The minimum absolute atomic E-state index is 0.00213. The number of halogens is 1. The number of carbonyl (C=O) groups excluding carboxylic acids is 1. The molecule has 1 saturated carbocycles. The summed E-state index contributed by atoms with van der Waals surface area (Å²) in [6, 6.07) is 7.13. The molecule has 0 aliphatic heterocycles. The minimum atomic E-state index is -0.520. The molecular weight excluding hydrogens is 530 g/mol. The Bertz CT molecular complexity index is 1400. The van der Waals surface area contributed by atoms with Crippen molar-refractivity contribution >= 4 is 23.2 Å². The second-order valence-electron chi connectivity index (χ2n) is 13.2. The van der Waals surface area contributed by atoms with Gasteiger partial charge in [-0.15, -0.1) is 0 Å². The topological polar surface area (TPSA) is 94.9 Å². The summed E-state index contributed by atoms with van der Waals surface area (Å²) in [5, 5.41) is 0.555. The summed E-state index contributed by atoms with van der Waals surface area (Å²) in [6.07, 6.45) is 1.62. The number of carbonyl (C=O) groups is 1. The Labute approximate surface area is 241 Å². The van der Waals surface area contributed by atoms with Gasteiger partial charge in [-0.3, -0.25) is 4.98 Å². The lowest BCUT2D eigenvalue weighted by molar-refractivity contribution is -0.0922. The molecule has 0 saturated heterocycles. The van der Waals surface area contributed by atoms with Gasteiger partial charge in [-0.2, -0.15) is 4.98 Å². The number of esters is 1. The largest absolute Gasteiger partial charge is 0.468 e. The molecule has 0 bridgehead atoms. The molecular formula is C31H42ClN3O5. The Morgan fingerprint density at radius 3 is 2.12 bits per heavy atom. The molecule has 2 unspecified atom stereocenters. The van der Waals surface area contributed by atoms with E-state index in [1.165, 1.54) is 11.5 Å². The van der Waals surface area contributed by atoms with Gasteiger partial charge in [0.1, 0.15) is 11.7 Å². The molecule has 0 radical (unpaired) electrons.